The van der Waals surface area contributed by atoms with Gasteiger partial charge in [0.1, 0.15) is 5.82 Å². The zero-order valence-electron chi connectivity index (χ0n) is 6.43. The fourth-order valence-electron chi connectivity index (χ4n) is 0.815. The molecule has 1 aromatic carbocycles. The molecule has 0 amide bonds. The van der Waals surface area contributed by atoms with Crippen LogP contribution in [0.3, 0.4) is 0 Å². The largest absolute Gasteiger partial charge is 0.295 e. The van der Waals surface area contributed by atoms with Gasteiger partial charge in [0, 0.05) is 5.56 Å². The van der Waals surface area contributed by atoms with Crippen LogP contribution in [-0.2, 0) is 4.79 Å². The summed E-state index contributed by atoms with van der Waals surface area (Å²) in [6, 6.07) is 4.29. The molecule has 1 nitrogen and oxygen atoms in total. The van der Waals surface area contributed by atoms with Gasteiger partial charge >= 0.3 is 0 Å². The van der Waals surface area contributed by atoms with E-state index >= 15 is 0 Å². The Balaban J connectivity index is 3.16. The van der Waals surface area contributed by atoms with E-state index in [-0.39, 0.29) is 11.8 Å². The lowest BCUT2D eigenvalue weighted by molar-refractivity contribution is -0.106. The van der Waals surface area contributed by atoms with Crippen LogP contribution in [-0.4, -0.2) is 6.29 Å². The first-order valence-electron chi connectivity index (χ1n) is 3.41. The Labute approximate surface area is 72.5 Å². The minimum absolute atomic E-state index is 0.264. The van der Waals surface area contributed by atoms with E-state index in [1.54, 1.807) is 0 Å². The van der Waals surface area contributed by atoms with Crippen molar-refractivity contribution >= 4 is 12.1 Å². The molecule has 0 N–H and O–H groups in total. The van der Waals surface area contributed by atoms with E-state index in [0.717, 1.165) is 12.1 Å². The first kappa shape index (κ1) is 9.51. The number of rotatable bonds is 2. The number of halogens is 3. The highest BCUT2D eigenvalue weighted by Gasteiger charge is 2.08. The Morgan fingerprint density at radius 3 is 2.54 bits per heavy atom. The predicted octanol–water partition coefficient (Wildman–Crippen LogP) is 2.63. The van der Waals surface area contributed by atoms with Crippen LogP contribution in [0.5, 0.6) is 0 Å². The van der Waals surface area contributed by atoms with Crippen LogP contribution in [0.25, 0.3) is 5.83 Å². The van der Waals surface area contributed by atoms with E-state index in [9.17, 15) is 18.0 Å². The number of carbonyl (C=O) groups is 1. The van der Waals surface area contributed by atoms with E-state index in [1.165, 1.54) is 12.1 Å². The average Bonchev–Trinajstić information content (AvgIpc) is 2.15. The Hall–Kier alpha value is -1.58. The SMILES string of the molecule is O=C/C(F)=C(\F)c1cccc(F)c1. The van der Waals surface area contributed by atoms with Gasteiger partial charge in [-0.15, -0.1) is 0 Å². The van der Waals surface area contributed by atoms with Crippen LogP contribution >= 0.6 is 0 Å². The van der Waals surface area contributed by atoms with E-state index in [1.807, 2.05) is 0 Å². The van der Waals surface area contributed by atoms with Crippen molar-refractivity contribution in [1.29, 1.82) is 0 Å². The van der Waals surface area contributed by atoms with Gasteiger partial charge in [-0.25, -0.2) is 13.2 Å². The summed E-state index contributed by atoms with van der Waals surface area (Å²) in [5.74, 6) is -3.58. The summed E-state index contributed by atoms with van der Waals surface area (Å²) < 4.78 is 37.7. The van der Waals surface area contributed by atoms with Crippen LogP contribution < -0.4 is 0 Å². The summed E-state index contributed by atoms with van der Waals surface area (Å²) in [4.78, 5) is 9.84. The number of hydrogen-bond acceptors (Lipinski definition) is 1. The second-order valence-electron chi connectivity index (χ2n) is 2.29. The van der Waals surface area contributed by atoms with Gasteiger partial charge in [0.25, 0.3) is 0 Å². The van der Waals surface area contributed by atoms with Crippen LogP contribution in [0.1, 0.15) is 5.56 Å². The topological polar surface area (TPSA) is 17.1 Å². The molecule has 0 fully saturated rings. The van der Waals surface area contributed by atoms with Gasteiger partial charge in [0.15, 0.2) is 17.9 Å². The van der Waals surface area contributed by atoms with Crippen molar-refractivity contribution in [2.24, 2.45) is 0 Å². The Bertz CT molecular complexity index is 358. The van der Waals surface area contributed by atoms with Gasteiger partial charge in [-0.05, 0) is 12.1 Å². The van der Waals surface area contributed by atoms with E-state index in [2.05, 4.69) is 0 Å². The Morgan fingerprint density at radius 1 is 1.31 bits per heavy atom. The zero-order valence-corrected chi connectivity index (χ0v) is 6.43. The molecular weight excluding hydrogens is 181 g/mol. The second-order valence-corrected chi connectivity index (χ2v) is 2.29. The molecule has 0 atom stereocenters. The van der Waals surface area contributed by atoms with Crippen molar-refractivity contribution in [3.63, 3.8) is 0 Å². The molecule has 0 aliphatic rings. The Kier molecular flexibility index (Phi) is 2.84. The lowest BCUT2D eigenvalue weighted by Crippen LogP contribution is -1.85. The molecule has 1 rings (SSSR count). The number of benzene rings is 1. The third-order valence-electron chi connectivity index (χ3n) is 1.39. The Morgan fingerprint density at radius 2 is 2.00 bits per heavy atom. The molecule has 13 heavy (non-hydrogen) atoms. The summed E-state index contributed by atoms with van der Waals surface area (Å²) in [6.45, 7) is 0. The maximum Gasteiger partial charge on any atom is 0.199 e. The van der Waals surface area contributed by atoms with Gasteiger partial charge in [-0.3, -0.25) is 4.79 Å². The van der Waals surface area contributed by atoms with Crippen molar-refractivity contribution in [2.75, 3.05) is 0 Å². The fraction of sp³-hybridized carbons (Fsp3) is 0. The smallest absolute Gasteiger partial charge is 0.199 e. The molecule has 0 aromatic heterocycles. The summed E-state index contributed by atoms with van der Waals surface area (Å²) in [5, 5.41) is 0. The third kappa shape index (κ3) is 2.18. The van der Waals surface area contributed by atoms with Gasteiger partial charge < -0.3 is 0 Å². The van der Waals surface area contributed by atoms with E-state index in [0.29, 0.717) is 0 Å². The van der Waals surface area contributed by atoms with Gasteiger partial charge in [-0.1, -0.05) is 12.1 Å². The van der Waals surface area contributed by atoms with Crippen LogP contribution in [0.4, 0.5) is 13.2 Å². The molecule has 0 saturated carbocycles. The molecule has 0 radical (unpaired) electrons. The maximum atomic E-state index is 12.8. The average molecular weight is 186 g/mol. The molecule has 0 aliphatic carbocycles. The standard InChI is InChI=1S/C9H5F3O/c10-7-3-1-2-6(4-7)9(12)8(11)5-13/h1-5H/b9-8+. The van der Waals surface area contributed by atoms with Crippen molar-refractivity contribution in [2.45, 2.75) is 0 Å². The van der Waals surface area contributed by atoms with Crippen molar-refractivity contribution in [1.82, 2.24) is 0 Å². The molecule has 0 spiro atoms. The quantitative estimate of drug-likeness (QED) is 0.512. The fourth-order valence-corrected chi connectivity index (χ4v) is 0.815. The lowest BCUT2D eigenvalue weighted by Gasteiger charge is -1.96. The number of aldehydes is 1. The highest BCUT2D eigenvalue weighted by atomic mass is 19.2. The number of carbonyl (C=O) groups excluding carboxylic acids is 1. The summed E-state index contributed by atoms with van der Waals surface area (Å²) in [6.07, 6.45) is -0.264. The molecule has 0 saturated heterocycles. The minimum Gasteiger partial charge on any atom is -0.295 e. The normalized spacial score (nSPS) is 12.2. The van der Waals surface area contributed by atoms with Crippen LogP contribution in [0.15, 0.2) is 30.1 Å². The molecule has 0 unspecified atom stereocenters. The molecule has 0 bridgehead atoms. The highest BCUT2D eigenvalue weighted by molar-refractivity contribution is 5.82. The second kappa shape index (κ2) is 3.89. The molecular formula is C9H5F3O. The summed E-state index contributed by atoms with van der Waals surface area (Å²) >= 11 is 0. The zero-order chi connectivity index (χ0) is 9.84. The summed E-state index contributed by atoms with van der Waals surface area (Å²) in [7, 11) is 0. The maximum absolute atomic E-state index is 12.8. The van der Waals surface area contributed by atoms with Crippen LogP contribution in [0.2, 0.25) is 0 Å². The molecule has 0 aliphatic heterocycles. The third-order valence-corrected chi connectivity index (χ3v) is 1.39. The molecule has 1 aromatic rings. The summed E-state index contributed by atoms with van der Waals surface area (Å²) in [5.41, 5.74) is -0.287. The van der Waals surface area contributed by atoms with Gasteiger partial charge in [0.2, 0.25) is 0 Å². The first-order valence-corrected chi connectivity index (χ1v) is 3.41. The van der Waals surface area contributed by atoms with Crippen molar-refractivity contribution in [3.05, 3.63) is 41.5 Å². The van der Waals surface area contributed by atoms with Gasteiger partial charge in [-0.2, -0.15) is 0 Å². The first-order chi connectivity index (χ1) is 6.15. The minimum atomic E-state index is -1.54. The highest BCUT2D eigenvalue weighted by Crippen LogP contribution is 2.20. The molecule has 4 heteroatoms. The van der Waals surface area contributed by atoms with E-state index in [4.69, 9.17) is 0 Å². The van der Waals surface area contributed by atoms with Crippen LogP contribution in [0, 0.1) is 5.82 Å². The molecule has 0 heterocycles. The number of hydrogen-bond donors (Lipinski definition) is 0. The predicted molar refractivity (Wildman–Crippen MR) is 41.6 cm³/mol. The lowest BCUT2D eigenvalue weighted by atomic mass is 10.2. The number of allylic oxidation sites excluding steroid dienone is 1. The van der Waals surface area contributed by atoms with Crippen molar-refractivity contribution in [3.8, 4) is 0 Å². The molecule has 68 valence electrons. The van der Waals surface area contributed by atoms with E-state index < -0.39 is 17.5 Å². The van der Waals surface area contributed by atoms with Gasteiger partial charge in [0.05, 0.1) is 0 Å². The monoisotopic (exact) mass is 186 g/mol. The van der Waals surface area contributed by atoms with Crippen molar-refractivity contribution < 1.29 is 18.0 Å².